The summed E-state index contributed by atoms with van der Waals surface area (Å²) in [5.74, 6) is 0.622. The normalized spacial score (nSPS) is 11.0. The number of nitrogens with zero attached hydrogens (tertiary/aromatic N) is 3. The van der Waals surface area contributed by atoms with E-state index in [9.17, 15) is 4.79 Å². The van der Waals surface area contributed by atoms with Gasteiger partial charge < -0.3 is 9.73 Å². The number of carbonyl (C=O) groups excluding carboxylic acids is 1. The van der Waals surface area contributed by atoms with E-state index in [1.54, 1.807) is 17.1 Å². The van der Waals surface area contributed by atoms with E-state index in [1.807, 2.05) is 49.4 Å². The fraction of sp³-hybridized carbons (Fsp3) is 0.190. The quantitative estimate of drug-likeness (QED) is 0.579. The summed E-state index contributed by atoms with van der Waals surface area (Å²) in [6, 6.07) is 13.5. The number of hydrogen-bond acceptors (Lipinski definition) is 4. The number of aromatic nitrogens is 3. The molecule has 1 aromatic carbocycles. The van der Waals surface area contributed by atoms with Gasteiger partial charge in [-0.15, -0.1) is 0 Å². The van der Waals surface area contributed by atoms with Crippen LogP contribution in [-0.4, -0.2) is 20.7 Å². The lowest BCUT2D eigenvalue weighted by molar-refractivity contribution is -0.116. The lowest BCUT2D eigenvalue weighted by Crippen LogP contribution is -2.20. The van der Waals surface area contributed by atoms with E-state index in [4.69, 9.17) is 4.42 Å². The predicted octanol–water partition coefficient (Wildman–Crippen LogP) is 4.20. The number of anilines is 1. The smallest absolute Gasteiger partial charge is 0.246 e. The van der Waals surface area contributed by atoms with Crippen LogP contribution in [0.2, 0.25) is 0 Å². The van der Waals surface area contributed by atoms with E-state index in [-0.39, 0.29) is 12.5 Å². The number of rotatable bonds is 5. The number of nitrogens with one attached hydrogen (secondary N) is 1. The van der Waals surface area contributed by atoms with Crippen molar-refractivity contribution >= 4 is 22.6 Å². The molecule has 0 bridgehead atoms. The van der Waals surface area contributed by atoms with Crippen molar-refractivity contribution in [2.75, 3.05) is 5.32 Å². The zero-order valence-corrected chi connectivity index (χ0v) is 15.3. The van der Waals surface area contributed by atoms with Gasteiger partial charge in [-0.1, -0.05) is 25.1 Å². The number of pyridine rings is 1. The van der Waals surface area contributed by atoms with Crippen LogP contribution in [-0.2, 0) is 17.8 Å². The van der Waals surface area contributed by atoms with Crippen LogP contribution in [0.4, 0.5) is 5.69 Å². The Morgan fingerprint density at radius 3 is 2.81 bits per heavy atom. The zero-order valence-electron chi connectivity index (χ0n) is 15.3. The van der Waals surface area contributed by atoms with E-state index in [0.29, 0.717) is 5.65 Å². The summed E-state index contributed by atoms with van der Waals surface area (Å²) in [6.45, 7) is 4.07. The Morgan fingerprint density at radius 1 is 1.19 bits per heavy atom. The molecule has 0 fully saturated rings. The van der Waals surface area contributed by atoms with Gasteiger partial charge in [0.1, 0.15) is 12.3 Å². The van der Waals surface area contributed by atoms with Crippen molar-refractivity contribution in [2.45, 2.75) is 26.8 Å². The average Bonchev–Trinajstić information content (AvgIpc) is 3.31. The molecule has 3 heterocycles. The fourth-order valence-corrected chi connectivity index (χ4v) is 3.31. The molecule has 0 spiro atoms. The molecule has 1 amide bonds. The first kappa shape index (κ1) is 17.0. The Morgan fingerprint density at radius 2 is 2.04 bits per heavy atom. The summed E-state index contributed by atoms with van der Waals surface area (Å²) in [5, 5.41) is 8.41. The summed E-state index contributed by atoms with van der Waals surface area (Å²) in [6.07, 6.45) is 4.20. The van der Waals surface area contributed by atoms with Gasteiger partial charge in [-0.2, -0.15) is 5.10 Å². The maximum atomic E-state index is 12.6. The molecule has 0 aliphatic carbocycles. The number of para-hydroxylation sites is 1. The van der Waals surface area contributed by atoms with Crippen molar-refractivity contribution in [3.05, 3.63) is 66.2 Å². The van der Waals surface area contributed by atoms with Crippen LogP contribution >= 0.6 is 0 Å². The molecular formula is C21H20N4O2. The molecule has 4 aromatic rings. The van der Waals surface area contributed by atoms with Crippen LogP contribution in [0.3, 0.4) is 0 Å². The molecule has 4 rings (SSSR count). The highest BCUT2D eigenvalue weighted by Crippen LogP contribution is 2.30. The lowest BCUT2D eigenvalue weighted by atomic mass is 10.1. The first-order valence-electron chi connectivity index (χ1n) is 8.91. The SMILES string of the molecule is CCc1ccccc1NC(=O)Cn1nc(C)c2c(-c3ccco3)ccnc21. The van der Waals surface area contributed by atoms with Crippen molar-refractivity contribution in [3.8, 4) is 11.3 Å². The van der Waals surface area contributed by atoms with Crippen LogP contribution in [0.15, 0.2) is 59.3 Å². The standard InChI is InChI=1S/C21H20N4O2/c1-3-15-7-4-5-8-17(15)23-19(26)13-25-21-20(14(2)24-25)16(10-11-22-21)18-9-6-12-27-18/h4-12H,3,13H2,1-2H3,(H,23,26). The summed E-state index contributed by atoms with van der Waals surface area (Å²) >= 11 is 0. The van der Waals surface area contributed by atoms with Gasteiger partial charge in [0.05, 0.1) is 17.3 Å². The van der Waals surface area contributed by atoms with Crippen molar-refractivity contribution in [1.82, 2.24) is 14.8 Å². The third-order valence-electron chi connectivity index (χ3n) is 4.56. The second-order valence-corrected chi connectivity index (χ2v) is 6.34. The molecule has 0 radical (unpaired) electrons. The van der Waals surface area contributed by atoms with E-state index in [0.717, 1.165) is 40.1 Å². The van der Waals surface area contributed by atoms with Gasteiger partial charge in [-0.05, 0) is 43.2 Å². The highest BCUT2D eigenvalue weighted by Gasteiger charge is 2.17. The zero-order chi connectivity index (χ0) is 18.8. The minimum atomic E-state index is -0.134. The van der Waals surface area contributed by atoms with Crippen LogP contribution in [0.25, 0.3) is 22.4 Å². The Labute approximate surface area is 156 Å². The van der Waals surface area contributed by atoms with Gasteiger partial charge in [0.2, 0.25) is 5.91 Å². The topological polar surface area (TPSA) is 73.0 Å². The number of benzene rings is 1. The number of carbonyl (C=O) groups is 1. The minimum Gasteiger partial charge on any atom is -0.464 e. The molecule has 3 aromatic heterocycles. The van der Waals surface area contributed by atoms with Crippen LogP contribution in [0, 0.1) is 6.92 Å². The van der Waals surface area contributed by atoms with Crippen LogP contribution < -0.4 is 5.32 Å². The van der Waals surface area contributed by atoms with Crippen LogP contribution in [0.1, 0.15) is 18.2 Å². The highest BCUT2D eigenvalue weighted by atomic mass is 16.3. The summed E-state index contributed by atoms with van der Waals surface area (Å²) in [4.78, 5) is 17.0. The number of hydrogen-bond donors (Lipinski definition) is 1. The van der Waals surface area contributed by atoms with Gasteiger partial charge in [-0.25, -0.2) is 9.67 Å². The van der Waals surface area contributed by atoms with E-state index in [2.05, 4.69) is 22.3 Å². The molecule has 0 saturated heterocycles. The van der Waals surface area contributed by atoms with Crippen molar-refractivity contribution in [1.29, 1.82) is 0 Å². The predicted molar refractivity (Wildman–Crippen MR) is 104 cm³/mol. The van der Waals surface area contributed by atoms with Gasteiger partial charge in [0.25, 0.3) is 0 Å². The fourth-order valence-electron chi connectivity index (χ4n) is 3.31. The molecule has 1 N–H and O–H groups in total. The van der Waals surface area contributed by atoms with Gasteiger partial charge in [0, 0.05) is 17.4 Å². The molecule has 0 aliphatic rings. The van der Waals surface area contributed by atoms with Gasteiger partial charge in [-0.3, -0.25) is 4.79 Å². The third kappa shape index (κ3) is 3.21. The first-order chi connectivity index (χ1) is 13.2. The lowest BCUT2D eigenvalue weighted by Gasteiger charge is -2.10. The first-order valence-corrected chi connectivity index (χ1v) is 8.91. The maximum Gasteiger partial charge on any atom is 0.246 e. The minimum absolute atomic E-state index is 0.0942. The third-order valence-corrected chi connectivity index (χ3v) is 4.56. The molecular weight excluding hydrogens is 340 g/mol. The number of fused-ring (bicyclic) bond motifs is 1. The maximum absolute atomic E-state index is 12.6. The Balaban J connectivity index is 1.65. The molecule has 27 heavy (non-hydrogen) atoms. The Bertz CT molecular complexity index is 1100. The van der Waals surface area contributed by atoms with Crippen molar-refractivity contribution < 1.29 is 9.21 Å². The molecule has 0 atom stereocenters. The monoisotopic (exact) mass is 360 g/mol. The van der Waals surface area contributed by atoms with E-state index >= 15 is 0 Å². The van der Waals surface area contributed by atoms with E-state index in [1.165, 1.54) is 0 Å². The average molecular weight is 360 g/mol. The molecule has 136 valence electrons. The molecule has 6 nitrogen and oxygen atoms in total. The second-order valence-electron chi connectivity index (χ2n) is 6.34. The molecule has 0 aliphatic heterocycles. The second kappa shape index (κ2) is 7.07. The van der Waals surface area contributed by atoms with Crippen molar-refractivity contribution in [2.24, 2.45) is 0 Å². The molecule has 0 unspecified atom stereocenters. The highest BCUT2D eigenvalue weighted by molar-refractivity contribution is 5.95. The molecule has 0 saturated carbocycles. The summed E-state index contributed by atoms with van der Waals surface area (Å²) in [5.41, 5.74) is 4.34. The van der Waals surface area contributed by atoms with Gasteiger partial charge in [0.15, 0.2) is 5.65 Å². The van der Waals surface area contributed by atoms with E-state index < -0.39 is 0 Å². The summed E-state index contributed by atoms with van der Waals surface area (Å²) in [7, 11) is 0. The Hall–Kier alpha value is -3.41. The van der Waals surface area contributed by atoms with Gasteiger partial charge >= 0.3 is 0 Å². The van der Waals surface area contributed by atoms with Crippen LogP contribution in [0.5, 0.6) is 0 Å². The Kier molecular flexibility index (Phi) is 4.46. The van der Waals surface area contributed by atoms with Crippen molar-refractivity contribution in [3.63, 3.8) is 0 Å². The summed E-state index contributed by atoms with van der Waals surface area (Å²) < 4.78 is 7.17. The number of furan rings is 1. The molecule has 6 heteroatoms. The number of amides is 1. The number of aryl methyl sites for hydroxylation is 2. The largest absolute Gasteiger partial charge is 0.464 e.